The maximum Gasteiger partial charge on any atom is 0.248 e. The molecule has 20 heavy (non-hydrogen) atoms. The fourth-order valence-electron chi connectivity index (χ4n) is 1.92. The summed E-state index contributed by atoms with van der Waals surface area (Å²) in [6.45, 7) is 1.37. The Balaban J connectivity index is 2.20. The zero-order valence-corrected chi connectivity index (χ0v) is 12.8. The van der Waals surface area contributed by atoms with Crippen LogP contribution in [0.2, 0.25) is 0 Å². The third-order valence-electron chi connectivity index (χ3n) is 3.11. The number of unbranched alkanes of at least 4 members (excludes halogenated alkanes) is 3. The highest BCUT2D eigenvalue weighted by atomic mass is 32.2. The van der Waals surface area contributed by atoms with Crippen LogP contribution < -0.4 is 11.1 Å². The Bertz CT molecular complexity index is 426. The zero-order valence-electron chi connectivity index (χ0n) is 12.0. The van der Waals surface area contributed by atoms with Crippen molar-refractivity contribution in [1.82, 2.24) is 5.32 Å². The number of primary amides is 1. The molecule has 3 N–H and O–H groups in total. The van der Waals surface area contributed by atoms with E-state index in [2.05, 4.69) is 11.6 Å². The van der Waals surface area contributed by atoms with Gasteiger partial charge in [0.05, 0.1) is 0 Å². The van der Waals surface area contributed by atoms with Crippen LogP contribution in [-0.2, 0) is 6.54 Å². The number of nitrogens with one attached hydrogen (secondary N) is 1. The molecule has 0 bridgehead atoms. The Morgan fingerprint density at radius 3 is 2.70 bits per heavy atom. The molecule has 1 aromatic carbocycles. The summed E-state index contributed by atoms with van der Waals surface area (Å²) in [4.78, 5) is 10.9. The molecule has 0 radical (unpaired) electrons. The van der Waals surface area contributed by atoms with Gasteiger partial charge in [-0.25, -0.2) is 4.39 Å². The van der Waals surface area contributed by atoms with Gasteiger partial charge in [-0.3, -0.25) is 4.79 Å². The molecule has 0 spiro atoms. The number of carbonyl (C=O) groups excluding carboxylic acids is 1. The van der Waals surface area contributed by atoms with Gasteiger partial charge in [0.2, 0.25) is 5.91 Å². The molecule has 0 heterocycles. The van der Waals surface area contributed by atoms with Crippen LogP contribution in [0.3, 0.4) is 0 Å². The number of carbonyl (C=O) groups is 1. The van der Waals surface area contributed by atoms with Gasteiger partial charge in [-0.05, 0) is 43.5 Å². The highest BCUT2D eigenvalue weighted by molar-refractivity contribution is 7.98. The molecule has 0 saturated carbocycles. The van der Waals surface area contributed by atoms with Gasteiger partial charge in [-0.2, -0.15) is 11.8 Å². The van der Waals surface area contributed by atoms with Gasteiger partial charge in [0.1, 0.15) is 5.82 Å². The minimum atomic E-state index is -0.603. The first-order valence-corrected chi connectivity index (χ1v) is 8.32. The van der Waals surface area contributed by atoms with Crippen LogP contribution in [0.4, 0.5) is 4.39 Å². The normalized spacial score (nSPS) is 10.7. The van der Waals surface area contributed by atoms with Crippen LogP contribution in [-0.4, -0.2) is 24.5 Å². The van der Waals surface area contributed by atoms with Gasteiger partial charge >= 0.3 is 0 Å². The van der Waals surface area contributed by atoms with E-state index in [4.69, 9.17) is 5.73 Å². The van der Waals surface area contributed by atoms with E-state index in [1.165, 1.54) is 31.1 Å². The van der Waals surface area contributed by atoms with Crippen molar-refractivity contribution in [2.75, 3.05) is 18.6 Å². The first-order valence-electron chi connectivity index (χ1n) is 6.93. The van der Waals surface area contributed by atoms with E-state index in [1.807, 2.05) is 11.8 Å². The first kappa shape index (κ1) is 17.0. The lowest BCUT2D eigenvalue weighted by molar-refractivity contribution is 0.1000. The van der Waals surface area contributed by atoms with Crippen molar-refractivity contribution in [3.63, 3.8) is 0 Å². The standard InChI is InChI=1S/C15H23FN2OS/c1-20-9-5-3-2-4-8-18-11-13-7-6-12(15(17)19)10-14(13)16/h6-7,10,18H,2-5,8-9,11H2,1H3,(H2,17,19). The van der Waals surface area contributed by atoms with E-state index < -0.39 is 5.91 Å². The summed E-state index contributed by atoms with van der Waals surface area (Å²) in [5.74, 6) is 0.243. The molecule has 5 heteroatoms. The van der Waals surface area contributed by atoms with E-state index >= 15 is 0 Å². The smallest absolute Gasteiger partial charge is 0.248 e. The van der Waals surface area contributed by atoms with Crippen LogP contribution in [0, 0.1) is 5.82 Å². The molecule has 1 rings (SSSR count). The van der Waals surface area contributed by atoms with Crippen LogP contribution in [0.5, 0.6) is 0 Å². The number of rotatable bonds is 10. The highest BCUT2D eigenvalue weighted by Gasteiger charge is 2.06. The first-order chi connectivity index (χ1) is 9.65. The van der Waals surface area contributed by atoms with E-state index in [-0.39, 0.29) is 11.4 Å². The van der Waals surface area contributed by atoms with Crippen molar-refractivity contribution in [2.24, 2.45) is 5.73 Å². The van der Waals surface area contributed by atoms with Crippen molar-refractivity contribution in [2.45, 2.75) is 32.2 Å². The second kappa shape index (κ2) is 9.77. The third kappa shape index (κ3) is 6.39. The quantitative estimate of drug-likeness (QED) is 0.653. The number of amides is 1. The molecule has 0 saturated heterocycles. The van der Waals surface area contributed by atoms with Crippen molar-refractivity contribution < 1.29 is 9.18 Å². The molecule has 0 aromatic heterocycles. The molecule has 0 atom stereocenters. The van der Waals surface area contributed by atoms with Crippen molar-refractivity contribution in [1.29, 1.82) is 0 Å². The summed E-state index contributed by atoms with van der Waals surface area (Å²) in [6.07, 6.45) is 6.96. The van der Waals surface area contributed by atoms with Crippen LogP contribution in [0.25, 0.3) is 0 Å². The summed E-state index contributed by atoms with van der Waals surface area (Å²) in [5, 5.41) is 3.22. The molecule has 0 unspecified atom stereocenters. The van der Waals surface area contributed by atoms with Gasteiger partial charge in [-0.15, -0.1) is 0 Å². The van der Waals surface area contributed by atoms with E-state index in [1.54, 1.807) is 12.1 Å². The van der Waals surface area contributed by atoms with Crippen molar-refractivity contribution in [3.05, 3.63) is 35.1 Å². The lowest BCUT2D eigenvalue weighted by Gasteiger charge is -2.07. The summed E-state index contributed by atoms with van der Waals surface area (Å²) < 4.78 is 13.7. The highest BCUT2D eigenvalue weighted by Crippen LogP contribution is 2.10. The van der Waals surface area contributed by atoms with Crippen LogP contribution in [0.1, 0.15) is 41.6 Å². The number of thioether (sulfide) groups is 1. The monoisotopic (exact) mass is 298 g/mol. The largest absolute Gasteiger partial charge is 0.366 e. The van der Waals surface area contributed by atoms with Crippen LogP contribution >= 0.6 is 11.8 Å². The Labute approximate surface area is 124 Å². The van der Waals surface area contributed by atoms with Crippen molar-refractivity contribution >= 4 is 17.7 Å². The summed E-state index contributed by atoms with van der Waals surface area (Å²) >= 11 is 1.88. The maximum absolute atomic E-state index is 13.7. The predicted octanol–water partition coefficient (Wildman–Crippen LogP) is 2.94. The number of hydrogen-bond acceptors (Lipinski definition) is 3. The van der Waals surface area contributed by atoms with Crippen molar-refractivity contribution in [3.8, 4) is 0 Å². The fraction of sp³-hybridized carbons (Fsp3) is 0.533. The number of hydrogen-bond donors (Lipinski definition) is 2. The van der Waals surface area contributed by atoms with E-state index in [0.29, 0.717) is 12.1 Å². The second-order valence-corrected chi connectivity index (χ2v) is 5.74. The van der Waals surface area contributed by atoms with E-state index in [0.717, 1.165) is 13.0 Å². The van der Waals surface area contributed by atoms with Crippen LogP contribution in [0.15, 0.2) is 18.2 Å². The molecule has 0 fully saturated rings. The summed E-state index contributed by atoms with van der Waals surface area (Å²) in [6, 6.07) is 4.37. The molecular weight excluding hydrogens is 275 g/mol. The van der Waals surface area contributed by atoms with Gasteiger partial charge in [-0.1, -0.05) is 18.9 Å². The SMILES string of the molecule is CSCCCCCCNCc1ccc(C(N)=O)cc1F. The Hall–Kier alpha value is -1.07. The van der Waals surface area contributed by atoms with E-state index in [9.17, 15) is 9.18 Å². The zero-order chi connectivity index (χ0) is 14.8. The number of halogens is 1. The lowest BCUT2D eigenvalue weighted by Crippen LogP contribution is -2.16. The lowest BCUT2D eigenvalue weighted by atomic mass is 10.1. The topological polar surface area (TPSA) is 55.1 Å². The Morgan fingerprint density at radius 1 is 1.30 bits per heavy atom. The number of benzene rings is 1. The molecule has 0 aliphatic carbocycles. The van der Waals surface area contributed by atoms with Gasteiger partial charge in [0.15, 0.2) is 0 Å². The molecule has 0 aliphatic heterocycles. The molecule has 0 aliphatic rings. The minimum Gasteiger partial charge on any atom is -0.366 e. The summed E-state index contributed by atoms with van der Waals surface area (Å²) in [7, 11) is 0. The summed E-state index contributed by atoms with van der Waals surface area (Å²) in [5.41, 5.74) is 5.88. The Kier molecular flexibility index (Phi) is 8.30. The average molecular weight is 298 g/mol. The Morgan fingerprint density at radius 2 is 2.05 bits per heavy atom. The predicted molar refractivity (Wildman–Crippen MR) is 83.5 cm³/mol. The molecule has 112 valence electrons. The third-order valence-corrected chi connectivity index (χ3v) is 3.80. The molecule has 3 nitrogen and oxygen atoms in total. The molecule has 1 aromatic rings. The average Bonchev–Trinajstić information content (AvgIpc) is 2.43. The van der Waals surface area contributed by atoms with Gasteiger partial charge in [0, 0.05) is 17.7 Å². The second-order valence-electron chi connectivity index (χ2n) is 4.75. The molecular formula is C15H23FN2OS. The minimum absolute atomic E-state index is 0.208. The number of nitrogens with two attached hydrogens (primary N) is 1. The van der Waals surface area contributed by atoms with Gasteiger partial charge in [0.25, 0.3) is 0 Å². The fourth-order valence-corrected chi connectivity index (χ4v) is 2.41. The van der Waals surface area contributed by atoms with Gasteiger partial charge < -0.3 is 11.1 Å². The molecule has 1 amide bonds. The maximum atomic E-state index is 13.7.